The first-order valence-electron chi connectivity index (χ1n) is 8.63. The highest BCUT2D eigenvalue weighted by Crippen LogP contribution is 2.20. The fourth-order valence-electron chi connectivity index (χ4n) is 3.04. The van der Waals surface area contributed by atoms with Crippen molar-refractivity contribution < 1.29 is 18.0 Å². The van der Waals surface area contributed by atoms with Gasteiger partial charge in [0.1, 0.15) is 0 Å². The lowest BCUT2D eigenvalue weighted by atomic mass is 10.1. The van der Waals surface area contributed by atoms with Gasteiger partial charge in [-0.15, -0.1) is 0 Å². The van der Waals surface area contributed by atoms with E-state index in [1.54, 1.807) is 6.07 Å². The topological polar surface area (TPSA) is 86.8 Å². The molecule has 1 atom stereocenters. The van der Waals surface area contributed by atoms with Crippen LogP contribution in [-0.4, -0.2) is 74.8 Å². The Kier molecular flexibility index (Phi) is 6.41. The van der Waals surface area contributed by atoms with Crippen molar-refractivity contribution in [2.75, 3.05) is 44.0 Å². The number of sulfone groups is 1. The third kappa shape index (κ3) is 5.28. The van der Waals surface area contributed by atoms with Crippen LogP contribution in [0.2, 0.25) is 0 Å². The molecule has 26 heavy (non-hydrogen) atoms. The Morgan fingerprint density at radius 2 is 1.88 bits per heavy atom. The standard InChI is InChI=1S/C18H27N3O4S/c1-13-5-6-16(14(2)11-13)19-17(22)18(23)21(9-8-20(3)4)15-7-10-26(24,25)12-15/h5-6,11,15H,7-10,12H2,1-4H3,(H,19,22). The molecule has 7 nitrogen and oxygen atoms in total. The number of carbonyl (C=O) groups is 2. The van der Waals surface area contributed by atoms with E-state index in [1.807, 2.05) is 45.0 Å². The van der Waals surface area contributed by atoms with E-state index in [2.05, 4.69) is 5.32 Å². The molecule has 144 valence electrons. The van der Waals surface area contributed by atoms with Crippen molar-refractivity contribution in [1.29, 1.82) is 0 Å². The summed E-state index contributed by atoms with van der Waals surface area (Å²) < 4.78 is 23.6. The fourth-order valence-corrected chi connectivity index (χ4v) is 4.77. The minimum atomic E-state index is -3.15. The molecular formula is C18H27N3O4S. The van der Waals surface area contributed by atoms with Crippen molar-refractivity contribution in [3.8, 4) is 0 Å². The van der Waals surface area contributed by atoms with Crippen LogP contribution in [0.15, 0.2) is 18.2 Å². The average molecular weight is 381 g/mol. The smallest absolute Gasteiger partial charge is 0.313 e. The molecule has 1 saturated heterocycles. The Morgan fingerprint density at radius 3 is 2.42 bits per heavy atom. The summed E-state index contributed by atoms with van der Waals surface area (Å²) in [6.45, 7) is 4.68. The number of aryl methyl sites for hydroxylation is 2. The van der Waals surface area contributed by atoms with E-state index < -0.39 is 27.7 Å². The molecule has 0 spiro atoms. The van der Waals surface area contributed by atoms with E-state index in [-0.39, 0.29) is 11.5 Å². The van der Waals surface area contributed by atoms with Crippen LogP contribution in [0.1, 0.15) is 17.5 Å². The first kappa shape index (κ1) is 20.4. The molecule has 0 aliphatic carbocycles. The third-order valence-electron chi connectivity index (χ3n) is 4.52. The zero-order valence-electron chi connectivity index (χ0n) is 15.8. The van der Waals surface area contributed by atoms with Crippen molar-refractivity contribution in [2.45, 2.75) is 26.3 Å². The number of rotatable bonds is 5. The van der Waals surface area contributed by atoms with Crippen LogP contribution < -0.4 is 5.32 Å². The summed E-state index contributed by atoms with van der Waals surface area (Å²) in [5.41, 5.74) is 2.52. The van der Waals surface area contributed by atoms with Crippen LogP contribution in [0.5, 0.6) is 0 Å². The van der Waals surface area contributed by atoms with Crippen LogP contribution >= 0.6 is 0 Å². The molecule has 1 aromatic rings. The highest BCUT2D eigenvalue weighted by Gasteiger charge is 2.36. The van der Waals surface area contributed by atoms with Gasteiger partial charge in [0.15, 0.2) is 9.84 Å². The van der Waals surface area contributed by atoms with Crippen LogP contribution in [0, 0.1) is 13.8 Å². The number of hydrogen-bond acceptors (Lipinski definition) is 5. The zero-order chi connectivity index (χ0) is 19.5. The molecule has 0 radical (unpaired) electrons. The number of nitrogens with one attached hydrogen (secondary N) is 1. The first-order valence-corrected chi connectivity index (χ1v) is 10.5. The molecule has 0 saturated carbocycles. The number of likely N-dealkylation sites (N-methyl/N-ethyl adjacent to an activating group) is 1. The minimum absolute atomic E-state index is 0.0576. The van der Waals surface area contributed by atoms with Gasteiger partial charge in [0.2, 0.25) is 0 Å². The van der Waals surface area contributed by atoms with Crippen molar-refractivity contribution in [1.82, 2.24) is 9.80 Å². The minimum Gasteiger partial charge on any atom is -0.329 e. The Hall–Kier alpha value is -1.93. The maximum absolute atomic E-state index is 12.7. The van der Waals surface area contributed by atoms with Crippen LogP contribution in [-0.2, 0) is 19.4 Å². The van der Waals surface area contributed by atoms with Gasteiger partial charge in [0, 0.05) is 24.8 Å². The van der Waals surface area contributed by atoms with E-state index in [0.717, 1.165) is 11.1 Å². The van der Waals surface area contributed by atoms with Gasteiger partial charge in [-0.25, -0.2) is 8.42 Å². The van der Waals surface area contributed by atoms with Crippen molar-refractivity contribution in [3.63, 3.8) is 0 Å². The fraction of sp³-hybridized carbons (Fsp3) is 0.556. The molecular weight excluding hydrogens is 354 g/mol. The second kappa shape index (κ2) is 8.18. The SMILES string of the molecule is Cc1ccc(NC(=O)C(=O)N(CCN(C)C)C2CCS(=O)(=O)C2)c(C)c1. The lowest BCUT2D eigenvalue weighted by Gasteiger charge is -2.29. The molecule has 1 fully saturated rings. The normalized spacial score (nSPS) is 18.7. The molecule has 1 aliphatic rings. The van der Waals surface area contributed by atoms with Crippen molar-refractivity contribution in [3.05, 3.63) is 29.3 Å². The maximum atomic E-state index is 12.7. The summed E-state index contributed by atoms with van der Waals surface area (Å²) in [6.07, 6.45) is 0.373. The quantitative estimate of drug-likeness (QED) is 0.763. The van der Waals surface area contributed by atoms with Crippen LogP contribution in [0.25, 0.3) is 0 Å². The summed E-state index contributed by atoms with van der Waals surface area (Å²) in [6, 6.07) is 5.10. The molecule has 8 heteroatoms. The summed E-state index contributed by atoms with van der Waals surface area (Å²) in [4.78, 5) is 28.5. The number of nitrogens with zero attached hydrogens (tertiary/aromatic N) is 2. The predicted octanol–water partition coefficient (Wildman–Crippen LogP) is 0.819. The second-order valence-corrected chi connectivity index (χ2v) is 9.36. The van der Waals surface area contributed by atoms with Crippen molar-refractivity contribution in [2.24, 2.45) is 0 Å². The molecule has 1 N–H and O–H groups in total. The van der Waals surface area contributed by atoms with Gasteiger partial charge in [0.25, 0.3) is 0 Å². The summed E-state index contributed by atoms with van der Waals surface area (Å²) >= 11 is 0. The number of benzene rings is 1. The van der Waals surface area contributed by atoms with Gasteiger partial charge >= 0.3 is 11.8 Å². The highest BCUT2D eigenvalue weighted by molar-refractivity contribution is 7.91. The molecule has 2 rings (SSSR count). The molecule has 1 aliphatic heterocycles. The first-order chi connectivity index (χ1) is 12.1. The Balaban J connectivity index is 2.15. The van der Waals surface area contributed by atoms with Gasteiger partial charge < -0.3 is 15.1 Å². The lowest BCUT2D eigenvalue weighted by molar-refractivity contribution is -0.144. The van der Waals surface area contributed by atoms with Gasteiger partial charge in [-0.3, -0.25) is 9.59 Å². The number of carbonyl (C=O) groups excluding carboxylic acids is 2. The van der Waals surface area contributed by atoms with E-state index in [9.17, 15) is 18.0 Å². The lowest BCUT2D eigenvalue weighted by Crippen LogP contribution is -2.49. The summed E-state index contributed by atoms with van der Waals surface area (Å²) in [7, 11) is 0.582. The maximum Gasteiger partial charge on any atom is 0.313 e. The van der Waals surface area contributed by atoms with E-state index >= 15 is 0 Å². The Labute approximate surface area is 155 Å². The highest BCUT2D eigenvalue weighted by atomic mass is 32.2. The van der Waals surface area contributed by atoms with Crippen molar-refractivity contribution >= 4 is 27.3 Å². The monoisotopic (exact) mass is 381 g/mol. The molecule has 2 amide bonds. The predicted molar refractivity (Wildman–Crippen MR) is 102 cm³/mol. The molecule has 0 aromatic heterocycles. The molecule has 0 bridgehead atoms. The largest absolute Gasteiger partial charge is 0.329 e. The number of hydrogen-bond donors (Lipinski definition) is 1. The van der Waals surface area contributed by atoms with Gasteiger partial charge in [-0.1, -0.05) is 17.7 Å². The number of anilines is 1. The van der Waals surface area contributed by atoms with Gasteiger partial charge in [-0.2, -0.15) is 0 Å². The summed E-state index contributed by atoms with van der Waals surface area (Å²) in [5.74, 6) is -1.44. The van der Waals surface area contributed by atoms with Crippen LogP contribution in [0.3, 0.4) is 0 Å². The van der Waals surface area contributed by atoms with E-state index in [1.165, 1.54) is 4.90 Å². The second-order valence-electron chi connectivity index (χ2n) is 7.13. The summed E-state index contributed by atoms with van der Waals surface area (Å²) in [5, 5.41) is 2.66. The van der Waals surface area contributed by atoms with E-state index in [4.69, 9.17) is 0 Å². The number of amides is 2. The Bertz CT molecular complexity index is 790. The average Bonchev–Trinajstić information content (AvgIpc) is 2.89. The van der Waals surface area contributed by atoms with Crippen LogP contribution in [0.4, 0.5) is 5.69 Å². The zero-order valence-corrected chi connectivity index (χ0v) is 16.6. The molecule has 1 heterocycles. The Morgan fingerprint density at radius 1 is 1.19 bits per heavy atom. The van der Waals surface area contributed by atoms with Gasteiger partial charge in [-0.05, 0) is 46.0 Å². The molecule has 1 aromatic carbocycles. The van der Waals surface area contributed by atoms with Gasteiger partial charge in [0.05, 0.1) is 11.5 Å². The third-order valence-corrected chi connectivity index (χ3v) is 6.27. The van der Waals surface area contributed by atoms with E-state index in [0.29, 0.717) is 25.2 Å². The molecule has 1 unspecified atom stereocenters.